The third kappa shape index (κ3) is 2.87. The summed E-state index contributed by atoms with van der Waals surface area (Å²) in [6.07, 6.45) is 5.70. The molecule has 0 radical (unpaired) electrons. The standard InChI is InChI=1S/C18H17N7O2/c26-16-14-9-22-17(23-13-2-1-12-8-19-4-3-11(12)7-13)24-15(14)27-10-25(16)18-20-5-6-21-18/h1-2,5-7,9,19H,3-4,8,10H2,(H,20,21)(H,22,23,24). The number of ether oxygens (including phenoxy) is 1. The summed E-state index contributed by atoms with van der Waals surface area (Å²) in [6.45, 7) is 1.92. The highest BCUT2D eigenvalue weighted by molar-refractivity contribution is 6.07. The lowest BCUT2D eigenvalue weighted by atomic mass is 10.0. The Balaban J connectivity index is 1.38. The van der Waals surface area contributed by atoms with Crippen molar-refractivity contribution in [3.05, 3.63) is 53.5 Å². The van der Waals surface area contributed by atoms with Crippen molar-refractivity contribution < 1.29 is 9.53 Å². The summed E-state index contributed by atoms with van der Waals surface area (Å²) in [4.78, 5) is 29.6. The second-order valence-corrected chi connectivity index (χ2v) is 6.37. The second-order valence-electron chi connectivity index (χ2n) is 6.37. The number of anilines is 3. The summed E-state index contributed by atoms with van der Waals surface area (Å²) in [6, 6.07) is 6.21. The number of amides is 1. The van der Waals surface area contributed by atoms with Crippen molar-refractivity contribution in [3.63, 3.8) is 0 Å². The van der Waals surface area contributed by atoms with E-state index in [1.807, 2.05) is 6.07 Å². The maximum Gasteiger partial charge on any atom is 0.270 e. The fourth-order valence-electron chi connectivity index (χ4n) is 3.26. The van der Waals surface area contributed by atoms with E-state index in [-0.39, 0.29) is 18.5 Å². The largest absolute Gasteiger partial charge is 0.455 e. The molecule has 2 aliphatic heterocycles. The summed E-state index contributed by atoms with van der Waals surface area (Å²) in [7, 11) is 0. The van der Waals surface area contributed by atoms with Gasteiger partial charge < -0.3 is 20.4 Å². The Bertz CT molecular complexity index is 1000. The lowest BCUT2D eigenvalue weighted by molar-refractivity contribution is 0.0930. The van der Waals surface area contributed by atoms with Crippen LogP contribution in [0.25, 0.3) is 0 Å². The highest BCUT2D eigenvalue weighted by atomic mass is 16.5. The number of imidazole rings is 1. The van der Waals surface area contributed by atoms with Crippen LogP contribution in [-0.2, 0) is 13.0 Å². The van der Waals surface area contributed by atoms with Gasteiger partial charge in [0.2, 0.25) is 17.8 Å². The monoisotopic (exact) mass is 363 g/mol. The van der Waals surface area contributed by atoms with E-state index >= 15 is 0 Å². The minimum atomic E-state index is -0.251. The van der Waals surface area contributed by atoms with E-state index in [2.05, 4.69) is 42.7 Å². The van der Waals surface area contributed by atoms with Gasteiger partial charge in [0.15, 0.2) is 6.73 Å². The minimum Gasteiger partial charge on any atom is -0.455 e. The first kappa shape index (κ1) is 15.8. The van der Waals surface area contributed by atoms with Crippen molar-refractivity contribution in [1.29, 1.82) is 0 Å². The van der Waals surface area contributed by atoms with Crippen LogP contribution < -0.4 is 20.3 Å². The van der Waals surface area contributed by atoms with Gasteiger partial charge in [0, 0.05) is 30.8 Å². The first-order valence-electron chi connectivity index (χ1n) is 8.68. The molecule has 27 heavy (non-hydrogen) atoms. The molecule has 0 unspecified atom stereocenters. The molecule has 9 heteroatoms. The van der Waals surface area contributed by atoms with Crippen LogP contribution in [0.5, 0.6) is 5.88 Å². The molecule has 136 valence electrons. The van der Waals surface area contributed by atoms with E-state index in [1.165, 1.54) is 22.2 Å². The number of hydrogen-bond acceptors (Lipinski definition) is 7. The van der Waals surface area contributed by atoms with Gasteiger partial charge >= 0.3 is 0 Å². The second kappa shape index (κ2) is 6.36. The quantitative estimate of drug-likeness (QED) is 0.648. The van der Waals surface area contributed by atoms with Crippen LogP contribution in [0, 0.1) is 0 Å². The van der Waals surface area contributed by atoms with Crippen molar-refractivity contribution in [1.82, 2.24) is 25.3 Å². The van der Waals surface area contributed by atoms with Crippen molar-refractivity contribution in [2.45, 2.75) is 13.0 Å². The lowest BCUT2D eigenvalue weighted by Crippen LogP contribution is -2.39. The molecule has 1 amide bonds. The van der Waals surface area contributed by atoms with E-state index < -0.39 is 0 Å². The number of carbonyl (C=O) groups excluding carboxylic acids is 1. The van der Waals surface area contributed by atoms with Crippen molar-refractivity contribution in [3.8, 4) is 5.88 Å². The van der Waals surface area contributed by atoms with Gasteiger partial charge in [-0.25, -0.2) is 14.9 Å². The summed E-state index contributed by atoms with van der Waals surface area (Å²) in [5.74, 6) is 0.833. The average molecular weight is 363 g/mol. The van der Waals surface area contributed by atoms with Gasteiger partial charge in [-0.05, 0) is 36.2 Å². The molecule has 2 aromatic heterocycles. The number of aromatic nitrogens is 4. The highest BCUT2D eigenvalue weighted by Crippen LogP contribution is 2.27. The van der Waals surface area contributed by atoms with Gasteiger partial charge in [-0.1, -0.05) is 6.07 Å². The van der Waals surface area contributed by atoms with Crippen LogP contribution in [0.15, 0.2) is 36.8 Å². The summed E-state index contributed by atoms with van der Waals surface area (Å²) in [5, 5.41) is 6.55. The molecule has 0 saturated carbocycles. The number of nitrogens with zero attached hydrogens (tertiary/aromatic N) is 4. The molecular formula is C18H17N7O2. The van der Waals surface area contributed by atoms with Gasteiger partial charge in [-0.15, -0.1) is 0 Å². The highest BCUT2D eigenvalue weighted by Gasteiger charge is 2.30. The molecule has 4 heterocycles. The zero-order valence-corrected chi connectivity index (χ0v) is 14.4. The maximum atomic E-state index is 12.6. The molecule has 0 saturated heterocycles. The molecule has 3 N–H and O–H groups in total. The van der Waals surface area contributed by atoms with Gasteiger partial charge in [-0.3, -0.25) is 4.79 Å². The van der Waals surface area contributed by atoms with Crippen molar-refractivity contribution in [2.75, 3.05) is 23.5 Å². The van der Waals surface area contributed by atoms with Gasteiger partial charge in [0.05, 0.1) is 0 Å². The summed E-state index contributed by atoms with van der Waals surface area (Å²) in [5.41, 5.74) is 3.84. The third-order valence-corrected chi connectivity index (χ3v) is 4.65. The van der Waals surface area contributed by atoms with Crippen LogP contribution in [0.2, 0.25) is 0 Å². The van der Waals surface area contributed by atoms with Crippen molar-refractivity contribution >= 4 is 23.5 Å². The molecule has 0 atom stereocenters. The number of hydrogen-bond donors (Lipinski definition) is 3. The molecule has 0 spiro atoms. The fourth-order valence-corrected chi connectivity index (χ4v) is 3.26. The third-order valence-electron chi connectivity index (χ3n) is 4.65. The van der Waals surface area contributed by atoms with E-state index in [0.29, 0.717) is 17.5 Å². The summed E-state index contributed by atoms with van der Waals surface area (Å²) < 4.78 is 5.64. The van der Waals surface area contributed by atoms with Gasteiger partial charge in [-0.2, -0.15) is 4.98 Å². The molecule has 5 rings (SSSR count). The molecular weight excluding hydrogens is 346 g/mol. The average Bonchev–Trinajstić information content (AvgIpc) is 3.23. The molecule has 0 bridgehead atoms. The number of nitrogens with one attached hydrogen (secondary N) is 3. The predicted molar refractivity (Wildman–Crippen MR) is 98.1 cm³/mol. The first-order valence-corrected chi connectivity index (χ1v) is 8.68. The van der Waals surface area contributed by atoms with E-state index in [1.54, 1.807) is 12.4 Å². The number of fused-ring (bicyclic) bond motifs is 2. The molecule has 2 aliphatic rings. The Morgan fingerprint density at radius 3 is 3.07 bits per heavy atom. The minimum absolute atomic E-state index is 0.0433. The fraction of sp³-hybridized carbons (Fsp3) is 0.222. The Hall–Kier alpha value is -3.46. The number of aromatic amines is 1. The molecule has 1 aromatic carbocycles. The van der Waals surface area contributed by atoms with Crippen LogP contribution in [0.1, 0.15) is 21.5 Å². The first-order chi connectivity index (χ1) is 13.3. The van der Waals surface area contributed by atoms with E-state index in [9.17, 15) is 4.79 Å². The van der Waals surface area contributed by atoms with Gasteiger partial charge in [0.25, 0.3) is 5.91 Å². The van der Waals surface area contributed by atoms with Crippen molar-refractivity contribution in [2.24, 2.45) is 0 Å². The van der Waals surface area contributed by atoms with Crippen LogP contribution in [0.3, 0.4) is 0 Å². The molecule has 9 nitrogen and oxygen atoms in total. The SMILES string of the molecule is O=C1c2cnc(Nc3ccc4c(c3)CCNC4)nc2OCN1c1ncc[nH]1. The number of benzene rings is 1. The number of H-pyrrole nitrogens is 1. The van der Waals surface area contributed by atoms with Crippen LogP contribution in [0.4, 0.5) is 17.6 Å². The Kier molecular flexibility index (Phi) is 3.72. The zero-order chi connectivity index (χ0) is 18.2. The number of rotatable bonds is 3. The summed E-state index contributed by atoms with van der Waals surface area (Å²) >= 11 is 0. The maximum absolute atomic E-state index is 12.6. The smallest absolute Gasteiger partial charge is 0.270 e. The zero-order valence-electron chi connectivity index (χ0n) is 14.4. The Morgan fingerprint density at radius 1 is 1.22 bits per heavy atom. The topological polar surface area (TPSA) is 108 Å². The van der Waals surface area contributed by atoms with Crippen LogP contribution in [-0.4, -0.2) is 39.1 Å². The van der Waals surface area contributed by atoms with E-state index in [4.69, 9.17) is 4.74 Å². The predicted octanol–water partition coefficient (Wildman–Crippen LogP) is 1.59. The molecule has 0 fully saturated rings. The van der Waals surface area contributed by atoms with Crippen LogP contribution >= 0.6 is 0 Å². The normalized spacial score (nSPS) is 15.7. The molecule has 3 aromatic rings. The Morgan fingerprint density at radius 2 is 2.19 bits per heavy atom. The molecule has 0 aliphatic carbocycles. The lowest BCUT2D eigenvalue weighted by Gasteiger charge is -2.25. The Labute approximate surface area is 154 Å². The number of carbonyl (C=O) groups is 1. The van der Waals surface area contributed by atoms with E-state index in [0.717, 1.165) is 25.2 Å². The van der Waals surface area contributed by atoms with Gasteiger partial charge in [0.1, 0.15) is 5.56 Å².